The minimum absolute atomic E-state index is 0.0961. The minimum Gasteiger partial charge on any atom is -0.477 e. The molecule has 0 aliphatic carbocycles. The molecule has 0 saturated carbocycles. The average molecular weight is 409 g/mol. The van der Waals surface area contributed by atoms with E-state index in [0.29, 0.717) is 22.7 Å². The highest BCUT2D eigenvalue weighted by molar-refractivity contribution is 7.98. The Morgan fingerprint density at radius 2 is 1.74 bits per heavy atom. The van der Waals surface area contributed by atoms with E-state index in [0.717, 1.165) is 33.9 Å². The lowest BCUT2D eigenvalue weighted by atomic mass is 10.1. The van der Waals surface area contributed by atoms with Gasteiger partial charge >= 0.3 is 12.1 Å². The predicted molar refractivity (Wildman–Crippen MR) is 101 cm³/mol. The Bertz CT molecular complexity index is 949. The van der Waals surface area contributed by atoms with E-state index in [9.17, 15) is 23.1 Å². The number of thiazole rings is 1. The standard InChI is InChI=1S/C19H14F3NO2S2/c1-26-14-8-2-11(3-9-14)10-15-16(18(24)25)27-17(23-15)12-4-6-13(7-5-12)19(20,21)22/h2-9H,10H2,1H3,(H,24,25). The minimum atomic E-state index is -4.41. The second-order valence-electron chi connectivity index (χ2n) is 5.70. The number of carbonyl (C=O) groups is 1. The molecule has 2 aromatic carbocycles. The molecule has 0 fully saturated rings. The van der Waals surface area contributed by atoms with Crippen LogP contribution in [0, 0.1) is 0 Å². The Kier molecular flexibility index (Phi) is 5.57. The van der Waals surface area contributed by atoms with E-state index in [1.807, 2.05) is 30.5 Å². The highest BCUT2D eigenvalue weighted by Crippen LogP contribution is 2.33. The lowest BCUT2D eigenvalue weighted by Crippen LogP contribution is -2.03. The fourth-order valence-corrected chi connectivity index (χ4v) is 3.83. The highest BCUT2D eigenvalue weighted by atomic mass is 32.2. The number of carboxylic acids is 1. The van der Waals surface area contributed by atoms with Crippen LogP contribution in [-0.4, -0.2) is 22.3 Å². The number of hydrogen-bond acceptors (Lipinski definition) is 4. The van der Waals surface area contributed by atoms with Gasteiger partial charge in [0.15, 0.2) is 0 Å². The molecule has 1 heterocycles. The van der Waals surface area contributed by atoms with Gasteiger partial charge in [0.1, 0.15) is 9.88 Å². The molecule has 0 spiro atoms. The van der Waals surface area contributed by atoms with Crippen LogP contribution in [-0.2, 0) is 12.6 Å². The van der Waals surface area contributed by atoms with Gasteiger partial charge in [-0.25, -0.2) is 9.78 Å². The predicted octanol–water partition coefficient (Wildman–Crippen LogP) is 5.84. The van der Waals surface area contributed by atoms with Crippen LogP contribution in [0.3, 0.4) is 0 Å². The van der Waals surface area contributed by atoms with Gasteiger partial charge < -0.3 is 5.11 Å². The van der Waals surface area contributed by atoms with Crippen LogP contribution in [0.1, 0.15) is 26.5 Å². The smallest absolute Gasteiger partial charge is 0.416 e. The summed E-state index contributed by atoms with van der Waals surface area (Å²) < 4.78 is 38.1. The van der Waals surface area contributed by atoms with Gasteiger partial charge in [0.2, 0.25) is 0 Å². The van der Waals surface area contributed by atoms with E-state index in [2.05, 4.69) is 4.98 Å². The van der Waals surface area contributed by atoms with Crippen molar-refractivity contribution in [3.05, 3.63) is 70.2 Å². The average Bonchev–Trinajstić information content (AvgIpc) is 3.06. The van der Waals surface area contributed by atoms with Crippen molar-refractivity contribution in [1.82, 2.24) is 4.98 Å². The van der Waals surface area contributed by atoms with Crippen molar-refractivity contribution >= 4 is 29.1 Å². The van der Waals surface area contributed by atoms with E-state index in [1.54, 1.807) is 11.8 Å². The van der Waals surface area contributed by atoms with Crippen LogP contribution in [0.15, 0.2) is 53.4 Å². The molecule has 0 aliphatic heterocycles. The summed E-state index contributed by atoms with van der Waals surface area (Å²) in [4.78, 5) is 17.1. The summed E-state index contributed by atoms with van der Waals surface area (Å²) >= 11 is 2.57. The van der Waals surface area contributed by atoms with Gasteiger partial charge in [-0.2, -0.15) is 13.2 Å². The summed E-state index contributed by atoms with van der Waals surface area (Å²) in [6.07, 6.45) is -2.11. The van der Waals surface area contributed by atoms with Crippen molar-refractivity contribution in [2.24, 2.45) is 0 Å². The number of benzene rings is 2. The Morgan fingerprint density at radius 1 is 1.11 bits per heavy atom. The molecule has 0 unspecified atom stereocenters. The third-order valence-electron chi connectivity index (χ3n) is 3.88. The summed E-state index contributed by atoms with van der Waals surface area (Å²) in [6, 6.07) is 12.3. The van der Waals surface area contributed by atoms with E-state index >= 15 is 0 Å². The lowest BCUT2D eigenvalue weighted by Gasteiger charge is -2.06. The monoisotopic (exact) mass is 409 g/mol. The quantitative estimate of drug-likeness (QED) is 0.538. The number of rotatable bonds is 5. The summed E-state index contributed by atoms with van der Waals surface area (Å²) in [6.45, 7) is 0. The van der Waals surface area contributed by atoms with Crippen LogP contribution in [0.2, 0.25) is 0 Å². The van der Waals surface area contributed by atoms with Crippen molar-refractivity contribution in [3.63, 3.8) is 0 Å². The number of alkyl halides is 3. The maximum Gasteiger partial charge on any atom is 0.416 e. The van der Waals surface area contributed by atoms with E-state index in [-0.39, 0.29) is 4.88 Å². The SMILES string of the molecule is CSc1ccc(Cc2nc(-c3ccc(C(F)(F)F)cc3)sc2C(=O)O)cc1. The first kappa shape index (κ1) is 19.4. The zero-order valence-electron chi connectivity index (χ0n) is 14.1. The topological polar surface area (TPSA) is 50.2 Å². The Hall–Kier alpha value is -2.32. The number of aromatic nitrogens is 1. The first-order valence-electron chi connectivity index (χ1n) is 7.81. The van der Waals surface area contributed by atoms with Gasteiger partial charge in [0, 0.05) is 16.9 Å². The molecule has 0 amide bonds. The summed E-state index contributed by atoms with van der Waals surface area (Å²) in [5, 5.41) is 9.84. The molecule has 3 rings (SSSR count). The van der Waals surface area contributed by atoms with E-state index in [4.69, 9.17) is 0 Å². The molecule has 1 N–H and O–H groups in total. The molecular formula is C19H14F3NO2S2. The molecule has 140 valence electrons. The molecular weight excluding hydrogens is 395 g/mol. The fraction of sp³-hybridized carbons (Fsp3) is 0.158. The summed E-state index contributed by atoms with van der Waals surface area (Å²) in [5.74, 6) is -1.10. The maximum absolute atomic E-state index is 12.7. The zero-order valence-corrected chi connectivity index (χ0v) is 15.7. The van der Waals surface area contributed by atoms with Crippen LogP contribution < -0.4 is 0 Å². The van der Waals surface area contributed by atoms with Gasteiger partial charge in [-0.3, -0.25) is 0 Å². The van der Waals surface area contributed by atoms with E-state index < -0.39 is 17.7 Å². The van der Waals surface area contributed by atoms with Gasteiger partial charge in [-0.15, -0.1) is 23.1 Å². The third-order valence-corrected chi connectivity index (χ3v) is 5.76. The molecule has 3 nitrogen and oxygen atoms in total. The molecule has 8 heteroatoms. The third kappa shape index (κ3) is 4.51. The molecule has 0 atom stereocenters. The molecule has 3 aromatic rings. The maximum atomic E-state index is 12.7. The molecule has 0 radical (unpaired) electrons. The van der Waals surface area contributed by atoms with Crippen molar-refractivity contribution in [3.8, 4) is 10.6 Å². The summed E-state index contributed by atoms with van der Waals surface area (Å²) in [7, 11) is 0. The van der Waals surface area contributed by atoms with Gasteiger partial charge in [-0.1, -0.05) is 24.3 Å². The second-order valence-corrected chi connectivity index (χ2v) is 7.58. The molecule has 1 aromatic heterocycles. The molecule has 0 bridgehead atoms. The second kappa shape index (κ2) is 7.74. The fourth-order valence-electron chi connectivity index (χ4n) is 2.50. The van der Waals surface area contributed by atoms with Gasteiger partial charge in [-0.05, 0) is 36.1 Å². The number of halogens is 3. The highest BCUT2D eigenvalue weighted by Gasteiger charge is 2.30. The molecule has 27 heavy (non-hydrogen) atoms. The number of nitrogens with zero attached hydrogens (tertiary/aromatic N) is 1. The number of hydrogen-bond donors (Lipinski definition) is 1. The first-order valence-corrected chi connectivity index (χ1v) is 9.85. The first-order chi connectivity index (χ1) is 12.8. The van der Waals surface area contributed by atoms with Crippen LogP contribution in [0.5, 0.6) is 0 Å². The normalized spacial score (nSPS) is 11.6. The van der Waals surface area contributed by atoms with Crippen molar-refractivity contribution in [1.29, 1.82) is 0 Å². The summed E-state index contributed by atoms with van der Waals surface area (Å²) in [5.41, 5.74) is 1.02. The number of aromatic carboxylic acids is 1. The van der Waals surface area contributed by atoms with Crippen molar-refractivity contribution in [2.75, 3.05) is 6.26 Å². The largest absolute Gasteiger partial charge is 0.477 e. The van der Waals surface area contributed by atoms with E-state index in [1.165, 1.54) is 12.1 Å². The Labute approximate surface area is 161 Å². The number of carboxylic acid groups (broad SMARTS) is 1. The lowest BCUT2D eigenvalue weighted by molar-refractivity contribution is -0.137. The Morgan fingerprint density at radius 3 is 2.26 bits per heavy atom. The van der Waals surface area contributed by atoms with Crippen molar-refractivity contribution in [2.45, 2.75) is 17.5 Å². The zero-order chi connectivity index (χ0) is 19.6. The van der Waals surface area contributed by atoms with Crippen LogP contribution in [0.4, 0.5) is 13.2 Å². The van der Waals surface area contributed by atoms with Crippen molar-refractivity contribution < 1.29 is 23.1 Å². The molecule has 0 aliphatic rings. The van der Waals surface area contributed by atoms with Gasteiger partial charge in [0.25, 0.3) is 0 Å². The molecule has 0 saturated heterocycles. The number of thioether (sulfide) groups is 1. The van der Waals surface area contributed by atoms with Crippen LogP contribution >= 0.6 is 23.1 Å². The Balaban J connectivity index is 1.91. The van der Waals surface area contributed by atoms with Crippen LogP contribution in [0.25, 0.3) is 10.6 Å². The van der Waals surface area contributed by atoms with Gasteiger partial charge in [0.05, 0.1) is 11.3 Å².